The van der Waals surface area contributed by atoms with Crippen molar-refractivity contribution < 1.29 is 26.4 Å². The maximum Gasteiger partial charge on any atom is 0.452 e. The number of alkyl halides is 3. The molecular weight excluding hydrogens is 319 g/mol. The van der Waals surface area contributed by atoms with E-state index in [1.54, 1.807) is 0 Å². The molecule has 1 aromatic carbocycles. The summed E-state index contributed by atoms with van der Waals surface area (Å²) >= 11 is 0. The fraction of sp³-hybridized carbons (Fsp3) is 0.364. The molecule has 110 valence electrons. The minimum absolute atomic E-state index is 0.00167. The lowest BCUT2D eigenvalue weighted by molar-refractivity contribution is -0.172. The summed E-state index contributed by atoms with van der Waals surface area (Å²) in [4.78, 5) is 10.9. The molecule has 0 amide bonds. The van der Waals surface area contributed by atoms with Crippen LogP contribution in [-0.2, 0) is 20.3 Å². The maximum absolute atomic E-state index is 12.4. The number of halogens is 4. The van der Waals surface area contributed by atoms with Crippen molar-refractivity contribution in [3.05, 3.63) is 23.8 Å². The molecule has 9 heteroatoms. The number of carbonyl (C=O) groups is 1. The maximum atomic E-state index is 12.4. The number of ketones is 1. The van der Waals surface area contributed by atoms with E-state index in [-0.39, 0.29) is 23.4 Å². The first kappa shape index (κ1) is 15.1. The van der Waals surface area contributed by atoms with Gasteiger partial charge < -0.3 is 5.32 Å². The monoisotopic (exact) mass is 327 g/mol. The molecule has 2 rings (SSSR count). The Morgan fingerprint density at radius 1 is 1.35 bits per heavy atom. The normalized spacial score (nSPS) is 19.1. The third kappa shape index (κ3) is 3.06. The third-order valence-electron chi connectivity index (χ3n) is 2.99. The Hall–Kier alpha value is -1.28. The molecule has 0 saturated carbocycles. The number of benzene rings is 1. The summed E-state index contributed by atoms with van der Waals surface area (Å²) < 4.78 is 59.5. The van der Waals surface area contributed by atoms with E-state index >= 15 is 0 Å². The predicted molar refractivity (Wildman–Crippen MR) is 66.3 cm³/mol. The van der Waals surface area contributed by atoms with Crippen molar-refractivity contribution in [1.82, 2.24) is 0 Å². The van der Waals surface area contributed by atoms with Crippen LogP contribution in [0, 0.1) is 0 Å². The SMILES string of the molecule is O=C(C1CCc2ccc(S(=O)(=O)Cl)cc2N1)C(F)(F)F. The zero-order chi connectivity index (χ0) is 15.1. The van der Waals surface area contributed by atoms with Crippen LogP contribution in [-0.4, -0.2) is 26.4 Å². The molecule has 1 atom stereocenters. The number of carbonyl (C=O) groups excluding carboxylic acids is 1. The average molecular weight is 328 g/mol. The van der Waals surface area contributed by atoms with Crippen LogP contribution in [0.15, 0.2) is 23.1 Å². The van der Waals surface area contributed by atoms with Crippen LogP contribution in [0.5, 0.6) is 0 Å². The van der Waals surface area contributed by atoms with Crippen LogP contribution in [0.2, 0.25) is 0 Å². The number of hydrogen-bond acceptors (Lipinski definition) is 4. The highest BCUT2D eigenvalue weighted by Gasteiger charge is 2.44. The lowest BCUT2D eigenvalue weighted by Gasteiger charge is -2.26. The number of Topliss-reactive ketones (excluding diaryl/α,β-unsaturated/α-hetero) is 1. The molecule has 0 aliphatic carbocycles. The molecule has 1 aromatic rings. The van der Waals surface area contributed by atoms with Gasteiger partial charge in [0.1, 0.15) is 0 Å². The minimum atomic E-state index is -4.93. The quantitative estimate of drug-likeness (QED) is 0.848. The standard InChI is InChI=1S/C11H9ClF3NO3S/c12-20(18,19)7-3-1-6-2-4-8(16-9(6)5-7)10(17)11(13,14)15/h1,3,5,8,16H,2,4H2. The van der Waals surface area contributed by atoms with Crippen molar-refractivity contribution in [3.8, 4) is 0 Å². The van der Waals surface area contributed by atoms with Gasteiger partial charge >= 0.3 is 6.18 Å². The zero-order valence-electron chi connectivity index (χ0n) is 9.87. The van der Waals surface area contributed by atoms with E-state index < -0.39 is 27.1 Å². The van der Waals surface area contributed by atoms with Crippen LogP contribution >= 0.6 is 10.7 Å². The van der Waals surface area contributed by atoms with Gasteiger partial charge in [-0.2, -0.15) is 13.2 Å². The number of aryl methyl sites for hydroxylation is 1. The largest absolute Gasteiger partial charge is 0.452 e. The molecule has 1 aliphatic heterocycles. The Balaban J connectivity index is 2.32. The second kappa shape index (κ2) is 4.92. The van der Waals surface area contributed by atoms with Crippen molar-refractivity contribution in [2.75, 3.05) is 5.32 Å². The van der Waals surface area contributed by atoms with Gasteiger partial charge in [-0.15, -0.1) is 0 Å². The summed E-state index contributed by atoms with van der Waals surface area (Å²) in [5, 5.41) is 2.42. The summed E-state index contributed by atoms with van der Waals surface area (Å²) in [5.41, 5.74) is 0.820. The Morgan fingerprint density at radius 2 is 2.00 bits per heavy atom. The van der Waals surface area contributed by atoms with Gasteiger partial charge in [-0.25, -0.2) is 8.42 Å². The molecule has 1 N–H and O–H groups in total. The van der Waals surface area contributed by atoms with Gasteiger partial charge in [0.15, 0.2) is 0 Å². The van der Waals surface area contributed by atoms with Crippen LogP contribution in [0.3, 0.4) is 0 Å². The van der Waals surface area contributed by atoms with E-state index in [2.05, 4.69) is 5.32 Å². The summed E-state index contributed by atoms with van der Waals surface area (Å²) in [6, 6.07) is 2.46. The van der Waals surface area contributed by atoms with Crippen molar-refractivity contribution in [2.24, 2.45) is 0 Å². The van der Waals surface area contributed by atoms with Crippen LogP contribution in [0.4, 0.5) is 18.9 Å². The first-order chi connectivity index (χ1) is 9.09. The Morgan fingerprint density at radius 3 is 2.55 bits per heavy atom. The van der Waals surface area contributed by atoms with Crippen molar-refractivity contribution in [1.29, 1.82) is 0 Å². The van der Waals surface area contributed by atoms with E-state index in [0.717, 1.165) is 6.07 Å². The van der Waals surface area contributed by atoms with E-state index in [0.29, 0.717) is 5.56 Å². The molecule has 20 heavy (non-hydrogen) atoms. The molecule has 0 aromatic heterocycles. The summed E-state index contributed by atoms with van der Waals surface area (Å²) in [5.74, 6) is -1.87. The van der Waals surface area contributed by atoms with Crippen LogP contribution in [0.1, 0.15) is 12.0 Å². The first-order valence-electron chi connectivity index (χ1n) is 5.54. The highest BCUT2D eigenvalue weighted by Crippen LogP contribution is 2.31. The fourth-order valence-electron chi connectivity index (χ4n) is 2.01. The van der Waals surface area contributed by atoms with Crippen molar-refractivity contribution in [3.63, 3.8) is 0 Å². The second-order valence-corrected chi connectivity index (χ2v) is 6.92. The Labute approximate surface area is 117 Å². The number of fused-ring (bicyclic) bond motifs is 1. The molecule has 0 fully saturated rings. The number of hydrogen-bond donors (Lipinski definition) is 1. The highest BCUT2D eigenvalue weighted by atomic mass is 35.7. The first-order valence-corrected chi connectivity index (χ1v) is 7.85. The molecule has 4 nitrogen and oxygen atoms in total. The van der Waals surface area contributed by atoms with E-state index in [1.165, 1.54) is 12.1 Å². The third-order valence-corrected chi connectivity index (χ3v) is 4.34. The lowest BCUT2D eigenvalue weighted by Crippen LogP contribution is -2.41. The number of anilines is 1. The van der Waals surface area contributed by atoms with Gasteiger partial charge in [0.2, 0.25) is 0 Å². The van der Waals surface area contributed by atoms with Crippen LogP contribution < -0.4 is 5.32 Å². The molecule has 1 heterocycles. The number of rotatable bonds is 2. The van der Waals surface area contributed by atoms with E-state index in [9.17, 15) is 26.4 Å². The smallest absolute Gasteiger partial charge is 0.375 e. The van der Waals surface area contributed by atoms with E-state index in [4.69, 9.17) is 10.7 Å². The van der Waals surface area contributed by atoms with Gasteiger partial charge in [-0.05, 0) is 30.5 Å². The summed E-state index contributed by atoms with van der Waals surface area (Å²) in [6.07, 6.45) is -4.68. The van der Waals surface area contributed by atoms with Gasteiger partial charge in [0.05, 0.1) is 10.9 Å². The molecule has 0 radical (unpaired) electrons. The van der Waals surface area contributed by atoms with Gasteiger partial charge in [0, 0.05) is 16.4 Å². The molecule has 1 aliphatic rings. The minimum Gasteiger partial charge on any atom is -0.375 e. The van der Waals surface area contributed by atoms with Gasteiger partial charge in [-0.1, -0.05) is 6.07 Å². The van der Waals surface area contributed by atoms with Crippen LogP contribution in [0.25, 0.3) is 0 Å². The molecule has 0 spiro atoms. The molecule has 0 saturated heterocycles. The molecular formula is C11H9ClF3NO3S. The average Bonchev–Trinajstić information content (AvgIpc) is 2.34. The molecule has 0 bridgehead atoms. The zero-order valence-corrected chi connectivity index (χ0v) is 11.4. The van der Waals surface area contributed by atoms with Gasteiger partial charge in [-0.3, -0.25) is 4.79 Å². The fourth-order valence-corrected chi connectivity index (χ4v) is 2.79. The Bertz CT molecular complexity index is 657. The summed E-state index contributed by atoms with van der Waals surface area (Å²) in [7, 11) is 1.19. The van der Waals surface area contributed by atoms with E-state index in [1.807, 2.05) is 0 Å². The second-order valence-electron chi connectivity index (χ2n) is 4.35. The Kier molecular flexibility index (Phi) is 3.72. The summed E-state index contributed by atoms with van der Waals surface area (Å²) in [6.45, 7) is 0. The topological polar surface area (TPSA) is 63.2 Å². The van der Waals surface area contributed by atoms with Crippen molar-refractivity contribution in [2.45, 2.75) is 30.0 Å². The predicted octanol–water partition coefficient (Wildman–Crippen LogP) is 2.47. The van der Waals surface area contributed by atoms with Crippen molar-refractivity contribution >= 4 is 31.2 Å². The number of nitrogens with one attached hydrogen (secondary N) is 1. The molecule has 1 unspecified atom stereocenters. The lowest BCUT2D eigenvalue weighted by atomic mass is 9.95. The highest BCUT2D eigenvalue weighted by molar-refractivity contribution is 8.13. The van der Waals surface area contributed by atoms with Gasteiger partial charge in [0.25, 0.3) is 14.8 Å².